The van der Waals surface area contributed by atoms with Gasteiger partial charge in [0, 0.05) is 30.5 Å². The zero-order chi connectivity index (χ0) is 22.3. The molecule has 1 aromatic carbocycles. The topological polar surface area (TPSA) is 61.4 Å². The first-order valence-electron chi connectivity index (χ1n) is 13.0. The lowest BCUT2D eigenvalue weighted by atomic mass is 9.49. The fourth-order valence-electron chi connectivity index (χ4n) is 7.26. The van der Waals surface area contributed by atoms with Crippen LogP contribution >= 0.6 is 0 Å². The number of carbonyl (C=O) groups is 2. The molecule has 5 heteroatoms. The lowest BCUT2D eigenvalue weighted by molar-refractivity contribution is -0.140. The highest BCUT2D eigenvalue weighted by molar-refractivity contribution is 6.03. The highest BCUT2D eigenvalue weighted by atomic mass is 16.2. The van der Waals surface area contributed by atoms with E-state index in [-0.39, 0.29) is 23.3 Å². The maximum absolute atomic E-state index is 13.5. The minimum atomic E-state index is -0.181. The smallest absolute Gasteiger partial charge is 0.253 e. The summed E-state index contributed by atoms with van der Waals surface area (Å²) in [6, 6.07) is 6.09. The van der Waals surface area contributed by atoms with E-state index in [2.05, 4.69) is 22.5 Å². The van der Waals surface area contributed by atoms with E-state index in [4.69, 9.17) is 0 Å². The number of nitrogens with one attached hydrogen (secondary N) is 2. The Morgan fingerprint density at radius 2 is 1.66 bits per heavy atom. The van der Waals surface area contributed by atoms with Gasteiger partial charge in [0.1, 0.15) is 0 Å². The third kappa shape index (κ3) is 4.15. The van der Waals surface area contributed by atoms with Crippen LogP contribution in [0.4, 0.5) is 11.4 Å². The summed E-state index contributed by atoms with van der Waals surface area (Å²) in [5.74, 6) is 2.38. The number of nitrogens with zero attached hydrogens (tertiary/aromatic N) is 1. The third-order valence-electron chi connectivity index (χ3n) is 8.71. The van der Waals surface area contributed by atoms with Gasteiger partial charge in [0.05, 0.1) is 11.0 Å². The summed E-state index contributed by atoms with van der Waals surface area (Å²) >= 11 is 0. The van der Waals surface area contributed by atoms with Crippen molar-refractivity contribution in [2.75, 3.05) is 23.3 Å². The molecular weight excluding hydrogens is 398 g/mol. The Balaban J connectivity index is 1.38. The first kappa shape index (κ1) is 21.8. The lowest BCUT2D eigenvalue weighted by Crippen LogP contribution is -2.51. The highest BCUT2D eigenvalue weighted by Crippen LogP contribution is 2.60. The molecule has 32 heavy (non-hydrogen) atoms. The van der Waals surface area contributed by atoms with Crippen LogP contribution in [0, 0.1) is 23.2 Å². The van der Waals surface area contributed by atoms with Crippen molar-refractivity contribution in [2.45, 2.75) is 84.1 Å². The van der Waals surface area contributed by atoms with E-state index < -0.39 is 0 Å². The summed E-state index contributed by atoms with van der Waals surface area (Å²) in [7, 11) is 0. The molecule has 0 aromatic heterocycles. The van der Waals surface area contributed by atoms with E-state index >= 15 is 0 Å². The van der Waals surface area contributed by atoms with Crippen LogP contribution in [0.25, 0.3) is 0 Å². The number of hydrogen-bond acceptors (Lipinski definition) is 3. The molecule has 174 valence electrons. The van der Waals surface area contributed by atoms with Gasteiger partial charge in [-0.1, -0.05) is 6.92 Å². The third-order valence-corrected chi connectivity index (χ3v) is 8.71. The largest absolute Gasteiger partial charge is 0.371 e. The predicted molar refractivity (Wildman–Crippen MR) is 129 cm³/mol. The van der Waals surface area contributed by atoms with Crippen LogP contribution in [0.1, 0.15) is 88.4 Å². The Morgan fingerprint density at radius 1 is 1.03 bits per heavy atom. The minimum Gasteiger partial charge on any atom is -0.371 e. The molecule has 1 aromatic rings. The van der Waals surface area contributed by atoms with Crippen molar-refractivity contribution in [1.29, 1.82) is 0 Å². The van der Waals surface area contributed by atoms with Gasteiger partial charge in [-0.05, 0) is 107 Å². The van der Waals surface area contributed by atoms with Crippen LogP contribution in [0.15, 0.2) is 18.2 Å². The van der Waals surface area contributed by atoms with Gasteiger partial charge in [0.25, 0.3) is 5.91 Å². The summed E-state index contributed by atoms with van der Waals surface area (Å²) in [5.41, 5.74) is 2.27. The van der Waals surface area contributed by atoms with Gasteiger partial charge in [-0.15, -0.1) is 0 Å². The number of anilines is 2. The van der Waals surface area contributed by atoms with E-state index in [0.29, 0.717) is 5.56 Å². The maximum atomic E-state index is 13.5. The van der Waals surface area contributed by atoms with Crippen LogP contribution < -0.4 is 15.5 Å². The van der Waals surface area contributed by atoms with E-state index in [9.17, 15) is 9.59 Å². The molecule has 1 atom stereocenters. The van der Waals surface area contributed by atoms with E-state index in [1.54, 1.807) is 0 Å². The summed E-state index contributed by atoms with van der Waals surface area (Å²) < 4.78 is 0. The summed E-state index contributed by atoms with van der Waals surface area (Å²) in [6.07, 6.45) is 11.6. The molecule has 2 N–H and O–H groups in total. The first-order valence-corrected chi connectivity index (χ1v) is 13.0. The van der Waals surface area contributed by atoms with Crippen LogP contribution in [0.2, 0.25) is 0 Å². The molecule has 1 aliphatic heterocycles. The minimum absolute atomic E-state index is 0.0363. The van der Waals surface area contributed by atoms with Gasteiger partial charge in [-0.2, -0.15) is 0 Å². The van der Waals surface area contributed by atoms with Crippen molar-refractivity contribution in [3.63, 3.8) is 0 Å². The van der Waals surface area contributed by atoms with E-state index in [1.165, 1.54) is 25.7 Å². The van der Waals surface area contributed by atoms with Crippen LogP contribution in [0.3, 0.4) is 0 Å². The molecule has 4 aliphatic carbocycles. The Labute approximate surface area is 192 Å². The molecule has 4 saturated carbocycles. The zero-order valence-corrected chi connectivity index (χ0v) is 19.8. The molecule has 0 spiro atoms. The zero-order valence-electron chi connectivity index (χ0n) is 19.8. The Kier molecular flexibility index (Phi) is 5.94. The van der Waals surface area contributed by atoms with Crippen molar-refractivity contribution in [3.05, 3.63) is 23.8 Å². The predicted octanol–water partition coefficient (Wildman–Crippen LogP) is 5.36. The van der Waals surface area contributed by atoms with Crippen molar-refractivity contribution in [2.24, 2.45) is 23.2 Å². The van der Waals surface area contributed by atoms with Crippen molar-refractivity contribution in [3.8, 4) is 0 Å². The van der Waals surface area contributed by atoms with E-state index in [1.807, 2.05) is 25.1 Å². The Morgan fingerprint density at radius 3 is 2.25 bits per heavy atom. The van der Waals surface area contributed by atoms with Crippen molar-refractivity contribution in [1.82, 2.24) is 5.32 Å². The average Bonchev–Trinajstić information content (AvgIpc) is 2.78. The monoisotopic (exact) mass is 437 g/mol. The number of benzene rings is 1. The number of carbonyl (C=O) groups excluding carboxylic acids is 2. The fourth-order valence-corrected chi connectivity index (χ4v) is 7.26. The molecular formula is C27H39N3O2. The van der Waals surface area contributed by atoms with Gasteiger partial charge < -0.3 is 15.5 Å². The summed E-state index contributed by atoms with van der Waals surface area (Å²) in [6.45, 7) is 6.10. The Hall–Kier alpha value is -2.04. The molecule has 1 saturated heterocycles. The number of hydrogen-bond donors (Lipinski definition) is 2. The van der Waals surface area contributed by atoms with Gasteiger partial charge >= 0.3 is 0 Å². The molecule has 5 nitrogen and oxygen atoms in total. The van der Waals surface area contributed by atoms with Gasteiger partial charge in [-0.3, -0.25) is 9.59 Å². The second-order valence-corrected chi connectivity index (χ2v) is 11.2. The van der Waals surface area contributed by atoms with Crippen LogP contribution in [0.5, 0.6) is 0 Å². The summed E-state index contributed by atoms with van der Waals surface area (Å²) in [4.78, 5) is 29.1. The molecule has 2 amide bonds. The molecule has 5 aliphatic rings. The summed E-state index contributed by atoms with van der Waals surface area (Å²) in [5, 5.41) is 6.39. The van der Waals surface area contributed by atoms with Crippen LogP contribution in [-0.4, -0.2) is 30.9 Å². The molecule has 6 rings (SSSR count). The van der Waals surface area contributed by atoms with E-state index in [0.717, 1.165) is 80.7 Å². The van der Waals surface area contributed by atoms with Gasteiger partial charge in [0.2, 0.25) is 5.91 Å². The van der Waals surface area contributed by atoms with Crippen molar-refractivity contribution < 1.29 is 9.59 Å². The molecule has 0 radical (unpaired) electrons. The van der Waals surface area contributed by atoms with Crippen LogP contribution in [-0.2, 0) is 4.79 Å². The first-order chi connectivity index (χ1) is 15.5. The maximum Gasteiger partial charge on any atom is 0.253 e. The SMILES string of the molecule is CC[C@H](C)NC(=O)c1cc(NC(=O)C23CC4CC(CC(C4)C2)C3)ccc1N1CCCCC1. The molecule has 0 unspecified atom stereocenters. The fraction of sp³-hybridized carbons (Fsp3) is 0.704. The second kappa shape index (κ2) is 8.72. The number of piperidine rings is 1. The second-order valence-electron chi connectivity index (χ2n) is 11.2. The normalized spacial score (nSPS) is 31.9. The van der Waals surface area contributed by atoms with Gasteiger partial charge in [-0.25, -0.2) is 0 Å². The average molecular weight is 438 g/mol. The number of amides is 2. The Bertz CT molecular complexity index is 838. The number of rotatable bonds is 6. The molecule has 1 heterocycles. The molecule has 4 bridgehead atoms. The quantitative estimate of drug-likeness (QED) is 0.630. The van der Waals surface area contributed by atoms with Crippen molar-refractivity contribution >= 4 is 23.2 Å². The molecule has 5 fully saturated rings. The highest BCUT2D eigenvalue weighted by Gasteiger charge is 2.54. The standard InChI is InChI=1S/C27H39N3O2/c1-3-18(2)28-25(31)23-14-22(7-8-24(23)30-9-5-4-6-10-30)29-26(32)27-15-19-11-20(16-27)13-21(12-19)17-27/h7-8,14,18-21H,3-6,9-13,15-17H2,1-2H3,(H,28,31)(H,29,32)/t18-,19?,20?,21?,27?/m0/s1. The van der Waals surface area contributed by atoms with Gasteiger partial charge in [0.15, 0.2) is 0 Å². The lowest BCUT2D eigenvalue weighted by Gasteiger charge is -2.55.